The minimum absolute atomic E-state index is 0.222. The van der Waals surface area contributed by atoms with E-state index in [0.717, 1.165) is 25.7 Å². The third kappa shape index (κ3) is 12.1. The van der Waals surface area contributed by atoms with E-state index in [1.54, 1.807) is 0 Å². The zero-order valence-corrected chi connectivity index (χ0v) is 12.7. The third-order valence-electron chi connectivity index (χ3n) is 1.96. The van der Waals surface area contributed by atoms with Gasteiger partial charge in [-0.3, -0.25) is 9.59 Å². The Morgan fingerprint density at radius 3 is 1.56 bits per heavy atom. The molecule has 0 aromatic heterocycles. The number of hydrogen-bond donors (Lipinski definition) is 0. The first kappa shape index (κ1) is 17.6. The van der Waals surface area contributed by atoms with Gasteiger partial charge in [-0.15, -0.1) is 0 Å². The van der Waals surface area contributed by atoms with Crippen LogP contribution in [0, 0.1) is 0 Å². The number of unbranched alkanes of at least 4 members (excludes halogenated alkanes) is 2. The van der Waals surface area contributed by atoms with Gasteiger partial charge in [0.25, 0.3) is 0 Å². The molecule has 0 aromatic rings. The number of esters is 2. The number of carbonyl (C=O) groups excluding carboxylic acids is 2. The second-order valence-electron chi connectivity index (χ2n) is 3.67. The van der Waals surface area contributed by atoms with Gasteiger partial charge in [0.2, 0.25) is 0 Å². The van der Waals surface area contributed by atoms with E-state index in [9.17, 15) is 9.59 Å². The van der Waals surface area contributed by atoms with E-state index >= 15 is 0 Å². The maximum Gasteiger partial charge on any atom is 0.316 e. The van der Waals surface area contributed by atoms with Crippen molar-refractivity contribution in [3.63, 3.8) is 0 Å². The second kappa shape index (κ2) is 13.1. The van der Waals surface area contributed by atoms with Crippen LogP contribution in [0.15, 0.2) is 0 Å². The molecule has 0 saturated heterocycles. The minimum atomic E-state index is -0.222. The molecule has 4 nitrogen and oxygen atoms in total. The van der Waals surface area contributed by atoms with Crippen molar-refractivity contribution < 1.29 is 19.1 Å². The molecule has 0 aliphatic rings. The summed E-state index contributed by atoms with van der Waals surface area (Å²) in [5.41, 5.74) is 0. The average Bonchev–Trinajstić information content (AvgIpc) is 2.35. The Balaban J connectivity index is 3.32. The van der Waals surface area contributed by atoms with E-state index in [2.05, 4.69) is 0 Å². The molecular weight excluding hydrogens is 272 g/mol. The number of carbonyl (C=O) groups is 2. The molecule has 0 heterocycles. The molecule has 0 aliphatic heterocycles. The van der Waals surface area contributed by atoms with E-state index in [1.165, 1.54) is 21.6 Å². The summed E-state index contributed by atoms with van der Waals surface area (Å²) < 4.78 is 9.96. The lowest BCUT2D eigenvalue weighted by Crippen LogP contribution is -2.09. The van der Waals surface area contributed by atoms with Gasteiger partial charge >= 0.3 is 11.9 Å². The van der Waals surface area contributed by atoms with Crippen molar-refractivity contribution in [2.75, 3.05) is 24.7 Å². The van der Waals surface area contributed by atoms with Gasteiger partial charge in [-0.2, -0.15) is 0 Å². The molecule has 0 atom stereocenters. The standard InChI is InChI=1S/C12H22O4S2/c1-3-5-7-15-11(13)9-17-18-10-12(14)16-8-6-4-2/h3-10H2,1-2H3. The molecule has 0 aliphatic carbocycles. The summed E-state index contributed by atoms with van der Waals surface area (Å²) in [7, 11) is 2.66. The molecule has 0 fully saturated rings. The molecule has 0 radical (unpaired) electrons. The van der Waals surface area contributed by atoms with E-state index in [4.69, 9.17) is 9.47 Å². The summed E-state index contributed by atoms with van der Waals surface area (Å²) in [6.07, 6.45) is 3.82. The zero-order chi connectivity index (χ0) is 13.6. The molecule has 0 rings (SSSR count). The molecule has 0 N–H and O–H groups in total. The maximum atomic E-state index is 11.2. The lowest BCUT2D eigenvalue weighted by molar-refractivity contribution is -0.141. The molecule has 0 unspecified atom stereocenters. The van der Waals surface area contributed by atoms with E-state index in [-0.39, 0.29) is 23.4 Å². The fraction of sp³-hybridized carbons (Fsp3) is 0.833. The Hall–Kier alpha value is -0.360. The Labute approximate surface area is 117 Å². The predicted molar refractivity (Wildman–Crippen MR) is 76.7 cm³/mol. The lowest BCUT2D eigenvalue weighted by Gasteiger charge is -2.04. The van der Waals surface area contributed by atoms with Crippen LogP contribution >= 0.6 is 21.6 Å². The minimum Gasteiger partial charge on any atom is -0.465 e. The summed E-state index contributed by atoms with van der Waals surface area (Å²) >= 11 is 0. The Kier molecular flexibility index (Phi) is 12.8. The fourth-order valence-corrected chi connectivity index (χ4v) is 2.53. The predicted octanol–water partition coefficient (Wildman–Crippen LogP) is 3.05. The molecule has 6 heteroatoms. The van der Waals surface area contributed by atoms with Crippen molar-refractivity contribution in [2.24, 2.45) is 0 Å². The van der Waals surface area contributed by atoms with Crippen molar-refractivity contribution in [2.45, 2.75) is 39.5 Å². The van der Waals surface area contributed by atoms with Gasteiger partial charge in [0.05, 0.1) is 13.2 Å². The van der Waals surface area contributed by atoms with Gasteiger partial charge in [-0.1, -0.05) is 48.3 Å². The quantitative estimate of drug-likeness (QED) is 0.332. The normalized spacial score (nSPS) is 10.1. The van der Waals surface area contributed by atoms with Crippen LogP contribution < -0.4 is 0 Å². The Morgan fingerprint density at radius 2 is 1.22 bits per heavy atom. The molecule has 0 bridgehead atoms. The topological polar surface area (TPSA) is 52.6 Å². The van der Waals surface area contributed by atoms with Crippen LogP contribution in [0.25, 0.3) is 0 Å². The highest BCUT2D eigenvalue weighted by Gasteiger charge is 2.06. The second-order valence-corrected chi connectivity index (χ2v) is 6.14. The SMILES string of the molecule is CCCCOC(=O)CSSCC(=O)OCCCC. The molecule has 0 aromatic carbocycles. The monoisotopic (exact) mass is 294 g/mol. The van der Waals surface area contributed by atoms with Gasteiger partial charge in [-0.05, 0) is 12.8 Å². The van der Waals surface area contributed by atoms with Crippen LogP contribution in [0.5, 0.6) is 0 Å². The van der Waals surface area contributed by atoms with Gasteiger partial charge in [0, 0.05) is 0 Å². The van der Waals surface area contributed by atoms with E-state index in [1.807, 2.05) is 13.8 Å². The van der Waals surface area contributed by atoms with E-state index < -0.39 is 0 Å². The van der Waals surface area contributed by atoms with Crippen molar-refractivity contribution in [1.82, 2.24) is 0 Å². The molecule has 18 heavy (non-hydrogen) atoms. The zero-order valence-electron chi connectivity index (χ0n) is 11.1. The highest BCUT2D eigenvalue weighted by atomic mass is 33.1. The summed E-state index contributed by atoms with van der Waals surface area (Å²) in [5, 5.41) is 0. The first-order valence-corrected chi connectivity index (χ1v) is 8.75. The number of rotatable bonds is 11. The van der Waals surface area contributed by atoms with Crippen LogP contribution in [0.3, 0.4) is 0 Å². The molecule has 0 saturated carbocycles. The van der Waals surface area contributed by atoms with Gasteiger partial charge in [0.1, 0.15) is 11.5 Å². The highest BCUT2D eigenvalue weighted by molar-refractivity contribution is 8.77. The molecule has 106 valence electrons. The fourth-order valence-electron chi connectivity index (χ4n) is 0.924. The Morgan fingerprint density at radius 1 is 0.833 bits per heavy atom. The third-order valence-corrected chi connectivity index (χ3v) is 4.04. The van der Waals surface area contributed by atoms with Gasteiger partial charge in [0.15, 0.2) is 0 Å². The summed E-state index contributed by atoms with van der Waals surface area (Å²) in [6.45, 7) is 5.06. The van der Waals surface area contributed by atoms with Crippen LogP contribution in [0.4, 0.5) is 0 Å². The molecule has 0 amide bonds. The van der Waals surface area contributed by atoms with Crippen LogP contribution in [-0.4, -0.2) is 36.7 Å². The van der Waals surface area contributed by atoms with Crippen LogP contribution in [0.2, 0.25) is 0 Å². The first-order chi connectivity index (χ1) is 8.70. The molecule has 0 spiro atoms. The van der Waals surface area contributed by atoms with Crippen molar-refractivity contribution >= 4 is 33.5 Å². The number of ether oxygens (including phenoxy) is 2. The largest absolute Gasteiger partial charge is 0.465 e. The molecular formula is C12H22O4S2. The van der Waals surface area contributed by atoms with Gasteiger partial charge < -0.3 is 9.47 Å². The highest BCUT2D eigenvalue weighted by Crippen LogP contribution is 2.21. The van der Waals surface area contributed by atoms with Crippen LogP contribution in [-0.2, 0) is 19.1 Å². The van der Waals surface area contributed by atoms with Gasteiger partial charge in [-0.25, -0.2) is 0 Å². The number of hydrogen-bond acceptors (Lipinski definition) is 6. The lowest BCUT2D eigenvalue weighted by atomic mass is 10.4. The maximum absolute atomic E-state index is 11.2. The summed E-state index contributed by atoms with van der Waals surface area (Å²) in [5.74, 6) is 0.105. The van der Waals surface area contributed by atoms with Crippen molar-refractivity contribution in [1.29, 1.82) is 0 Å². The average molecular weight is 294 g/mol. The smallest absolute Gasteiger partial charge is 0.316 e. The van der Waals surface area contributed by atoms with Crippen LogP contribution in [0.1, 0.15) is 39.5 Å². The first-order valence-electron chi connectivity index (χ1n) is 6.26. The van der Waals surface area contributed by atoms with E-state index in [0.29, 0.717) is 13.2 Å². The van der Waals surface area contributed by atoms with Crippen molar-refractivity contribution in [3.05, 3.63) is 0 Å². The Bertz CT molecular complexity index is 210. The summed E-state index contributed by atoms with van der Waals surface area (Å²) in [4.78, 5) is 22.4. The van der Waals surface area contributed by atoms with Crippen molar-refractivity contribution in [3.8, 4) is 0 Å². The summed E-state index contributed by atoms with van der Waals surface area (Å²) in [6, 6.07) is 0.